The van der Waals surface area contributed by atoms with E-state index in [-0.39, 0.29) is 0 Å². The van der Waals surface area contributed by atoms with E-state index in [2.05, 4.69) is 4.99 Å². The first kappa shape index (κ1) is 12.1. The maximum atomic E-state index is 9.88. The molecule has 0 amide bonds. The van der Waals surface area contributed by atoms with Crippen molar-refractivity contribution in [1.29, 1.82) is 0 Å². The second-order valence-corrected chi connectivity index (χ2v) is 3.62. The molecule has 0 atom stereocenters. The summed E-state index contributed by atoms with van der Waals surface area (Å²) in [7, 11) is 1.52. The smallest absolute Gasteiger partial charge is 0.234 e. The fraction of sp³-hybridized carbons (Fsp3) is 0.300. The topological polar surface area (TPSA) is 38.7 Å². The maximum absolute atomic E-state index is 9.88. The van der Waals surface area contributed by atoms with Crippen molar-refractivity contribution >= 4 is 29.3 Å². The summed E-state index contributed by atoms with van der Waals surface area (Å²) in [6.45, 7) is 0.353. The zero-order chi connectivity index (χ0) is 11.3. The van der Waals surface area contributed by atoms with E-state index in [1.807, 2.05) is 0 Å². The summed E-state index contributed by atoms with van der Waals surface area (Å²) >= 11 is 11.9. The molecule has 0 bridgehead atoms. The van der Waals surface area contributed by atoms with Gasteiger partial charge < -0.3 is 4.74 Å². The molecule has 15 heavy (non-hydrogen) atoms. The van der Waals surface area contributed by atoms with E-state index in [1.165, 1.54) is 13.2 Å². The zero-order valence-corrected chi connectivity index (χ0v) is 9.60. The van der Waals surface area contributed by atoms with Crippen LogP contribution in [0.4, 0.5) is 0 Å². The van der Waals surface area contributed by atoms with E-state index in [9.17, 15) is 4.79 Å². The first-order chi connectivity index (χ1) is 7.19. The standard InChI is InChI=1S/C10H9Cl2NO2/c1-15-10-5-8(11)7(4-9(10)12)2-3-13-6-14/h4-5H,2-3H2,1H3. The van der Waals surface area contributed by atoms with Crippen molar-refractivity contribution in [3.8, 4) is 5.75 Å². The number of aliphatic imine (C=N–C) groups is 1. The van der Waals surface area contributed by atoms with E-state index < -0.39 is 0 Å². The third-order valence-corrected chi connectivity index (χ3v) is 2.53. The van der Waals surface area contributed by atoms with Gasteiger partial charge in [0.25, 0.3) is 0 Å². The molecule has 1 rings (SSSR count). The number of carbonyl (C=O) groups excluding carboxylic acids is 1. The Kier molecular flexibility index (Phi) is 4.63. The monoisotopic (exact) mass is 245 g/mol. The van der Waals surface area contributed by atoms with Crippen molar-refractivity contribution in [1.82, 2.24) is 0 Å². The molecule has 80 valence electrons. The first-order valence-corrected chi connectivity index (χ1v) is 5.00. The molecule has 1 aromatic carbocycles. The van der Waals surface area contributed by atoms with E-state index >= 15 is 0 Å². The lowest BCUT2D eigenvalue weighted by atomic mass is 10.1. The fourth-order valence-electron chi connectivity index (χ4n) is 1.14. The molecule has 0 saturated heterocycles. The molecule has 0 aliphatic carbocycles. The molecule has 3 nitrogen and oxygen atoms in total. The van der Waals surface area contributed by atoms with Gasteiger partial charge in [0.15, 0.2) is 0 Å². The van der Waals surface area contributed by atoms with Crippen LogP contribution in [0.3, 0.4) is 0 Å². The van der Waals surface area contributed by atoms with Crippen molar-refractivity contribution in [3.63, 3.8) is 0 Å². The van der Waals surface area contributed by atoms with Crippen LogP contribution < -0.4 is 4.74 Å². The van der Waals surface area contributed by atoms with Crippen LogP contribution in [0.15, 0.2) is 17.1 Å². The first-order valence-electron chi connectivity index (χ1n) is 4.24. The highest BCUT2D eigenvalue weighted by Crippen LogP contribution is 2.31. The van der Waals surface area contributed by atoms with Crippen molar-refractivity contribution in [2.24, 2.45) is 4.99 Å². The lowest BCUT2D eigenvalue weighted by molar-refractivity contribution is 0.415. The Hall–Kier alpha value is -1.02. The van der Waals surface area contributed by atoms with Crippen LogP contribution in [-0.4, -0.2) is 19.7 Å². The number of hydrogen-bond donors (Lipinski definition) is 0. The third-order valence-electron chi connectivity index (χ3n) is 1.88. The molecule has 0 aliphatic heterocycles. The van der Waals surface area contributed by atoms with Crippen molar-refractivity contribution < 1.29 is 9.53 Å². The van der Waals surface area contributed by atoms with Gasteiger partial charge >= 0.3 is 0 Å². The van der Waals surface area contributed by atoms with Gasteiger partial charge in [-0.1, -0.05) is 23.2 Å². The molecule has 1 aromatic rings. The van der Waals surface area contributed by atoms with E-state index in [0.29, 0.717) is 28.8 Å². The summed E-state index contributed by atoms with van der Waals surface area (Å²) in [6, 6.07) is 3.35. The molecule has 0 fully saturated rings. The van der Waals surface area contributed by atoms with Crippen LogP contribution >= 0.6 is 23.2 Å². The van der Waals surface area contributed by atoms with Gasteiger partial charge in [0.1, 0.15) is 5.75 Å². The van der Waals surface area contributed by atoms with Gasteiger partial charge in [-0.15, -0.1) is 0 Å². The minimum atomic E-state index is 0.353. The number of hydrogen-bond acceptors (Lipinski definition) is 3. The Bertz CT molecular complexity index is 401. The second-order valence-electron chi connectivity index (χ2n) is 2.80. The van der Waals surface area contributed by atoms with E-state index in [0.717, 1.165) is 5.56 Å². The summed E-state index contributed by atoms with van der Waals surface area (Å²) < 4.78 is 5.00. The van der Waals surface area contributed by atoms with Crippen LogP contribution in [0.2, 0.25) is 10.0 Å². The van der Waals surface area contributed by atoms with E-state index in [1.54, 1.807) is 12.1 Å². The van der Waals surface area contributed by atoms with Crippen molar-refractivity contribution in [2.45, 2.75) is 6.42 Å². The molecule has 0 unspecified atom stereocenters. The van der Waals surface area contributed by atoms with E-state index in [4.69, 9.17) is 27.9 Å². The summed E-state index contributed by atoms with van der Waals surface area (Å²) in [6.07, 6.45) is 2.02. The van der Waals surface area contributed by atoms with Gasteiger partial charge in [-0.2, -0.15) is 0 Å². The Labute approximate surface area is 97.7 Å². The van der Waals surface area contributed by atoms with Crippen LogP contribution in [0.25, 0.3) is 0 Å². The molecule has 0 saturated carbocycles. The summed E-state index contributed by atoms with van der Waals surface area (Å²) in [5.41, 5.74) is 0.835. The van der Waals surface area contributed by atoms with Gasteiger partial charge in [0.05, 0.1) is 18.7 Å². The van der Waals surface area contributed by atoms with Gasteiger partial charge in [-0.3, -0.25) is 0 Å². The number of benzene rings is 1. The summed E-state index contributed by atoms with van der Waals surface area (Å²) in [5, 5.41) is 1.05. The van der Waals surface area contributed by atoms with Crippen molar-refractivity contribution in [2.75, 3.05) is 13.7 Å². The van der Waals surface area contributed by atoms with Gasteiger partial charge in [0, 0.05) is 11.1 Å². The summed E-state index contributed by atoms with van der Waals surface area (Å²) in [4.78, 5) is 13.3. The fourth-order valence-corrected chi connectivity index (χ4v) is 1.65. The molecule has 0 radical (unpaired) electrons. The maximum Gasteiger partial charge on any atom is 0.234 e. The lowest BCUT2D eigenvalue weighted by Gasteiger charge is -2.07. The minimum absolute atomic E-state index is 0.353. The minimum Gasteiger partial charge on any atom is -0.495 e. The number of methoxy groups -OCH3 is 1. The zero-order valence-electron chi connectivity index (χ0n) is 8.09. The van der Waals surface area contributed by atoms with Gasteiger partial charge in [-0.25, -0.2) is 9.79 Å². The van der Waals surface area contributed by atoms with Crippen LogP contribution in [-0.2, 0) is 11.2 Å². The SMILES string of the molecule is COc1cc(Cl)c(CCN=C=O)cc1Cl. The third kappa shape index (κ3) is 3.24. The predicted octanol–water partition coefficient (Wildman–Crippen LogP) is 2.88. The molecule has 0 spiro atoms. The molecule has 0 heterocycles. The highest BCUT2D eigenvalue weighted by Gasteiger charge is 2.07. The summed E-state index contributed by atoms with van der Waals surface area (Å²) in [5.74, 6) is 0.532. The Morgan fingerprint density at radius 1 is 1.40 bits per heavy atom. The number of nitrogens with zero attached hydrogens (tertiary/aromatic N) is 1. The Morgan fingerprint density at radius 3 is 2.73 bits per heavy atom. The Balaban J connectivity index is 2.89. The number of rotatable bonds is 4. The number of halogens is 2. The Morgan fingerprint density at radius 2 is 2.13 bits per heavy atom. The largest absolute Gasteiger partial charge is 0.495 e. The molecule has 0 aliphatic rings. The molecule has 0 N–H and O–H groups in total. The highest BCUT2D eigenvalue weighted by atomic mass is 35.5. The molecule has 0 aromatic heterocycles. The number of isocyanates is 1. The number of ether oxygens (including phenoxy) is 1. The van der Waals surface area contributed by atoms with Crippen molar-refractivity contribution in [3.05, 3.63) is 27.7 Å². The van der Waals surface area contributed by atoms with Crippen LogP contribution in [0, 0.1) is 0 Å². The molecular formula is C10H9Cl2NO2. The normalized spacial score (nSPS) is 9.53. The molecular weight excluding hydrogens is 237 g/mol. The molecule has 5 heteroatoms. The van der Waals surface area contributed by atoms with Crippen LogP contribution in [0.1, 0.15) is 5.56 Å². The highest BCUT2D eigenvalue weighted by molar-refractivity contribution is 6.34. The predicted molar refractivity (Wildman–Crippen MR) is 59.7 cm³/mol. The van der Waals surface area contributed by atoms with Crippen LogP contribution in [0.5, 0.6) is 5.75 Å². The average Bonchev–Trinajstić information content (AvgIpc) is 2.23. The average molecular weight is 246 g/mol. The second kappa shape index (κ2) is 5.76. The van der Waals surface area contributed by atoms with Gasteiger partial charge in [0.2, 0.25) is 6.08 Å². The quantitative estimate of drug-likeness (QED) is 0.605. The van der Waals surface area contributed by atoms with Gasteiger partial charge in [-0.05, 0) is 18.1 Å². The lowest BCUT2D eigenvalue weighted by Crippen LogP contribution is -1.93.